The molecule has 0 saturated heterocycles. The van der Waals surface area contributed by atoms with Gasteiger partial charge in [0.2, 0.25) is 11.8 Å². The maximum atomic E-state index is 6.27. The van der Waals surface area contributed by atoms with Gasteiger partial charge in [0.1, 0.15) is 11.0 Å². The summed E-state index contributed by atoms with van der Waals surface area (Å²) in [5.74, 6) is 1.19. The van der Waals surface area contributed by atoms with Crippen LogP contribution in [-0.4, -0.2) is 19.1 Å². The molecule has 8 heteroatoms. The van der Waals surface area contributed by atoms with Gasteiger partial charge in [-0.1, -0.05) is 123 Å². The topological polar surface area (TPSA) is 68.4 Å². The number of nitrogens with zero attached hydrogens (tertiary/aromatic N) is 6. The third-order valence-corrected chi connectivity index (χ3v) is 17.3. The zero-order valence-corrected chi connectivity index (χ0v) is 46.6. The zero-order chi connectivity index (χ0) is 56.3. The molecule has 1 aliphatic carbocycles. The van der Waals surface area contributed by atoms with Crippen LogP contribution in [0.2, 0.25) is 0 Å². The molecule has 0 atom stereocenters. The summed E-state index contributed by atoms with van der Waals surface area (Å²) in [6, 6.07) is 99.7. The number of rotatable bonds is 10. The van der Waals surface area contributed by atoms with E-state index < -0.39 is 0 Å². The van der Waals surface area contributed by atoms with Crippen molar-refractivity contribution in [1.29, 1.82) is 0 Å². The number of aromatic nitrogens is 4. The monoisotopic (exact) mass is 1090 g/mol. The van der Waals surface area contributed by atoms with Gasteiger partial charge in [-0.05, 0) is 192 Å². The average molecular weight is 1090 g/mol. The molecule has 0 bridgehead atoms. The molecule has 85 heavy (non-hydrogen) atoms. The Hall–Kier alpha value is -11.2. The van der Waals surface area contributed by atoms with Crippen LogP contribution in [0.15, 0.2) is 288 Å². The number of oxazole rings is 2. The highest BCUT2D eigenvalue weighted by Crippen LogP contribution is 2.53. The third-order valence-electron chi connectivity index (χ3n) is 17.3. The molecule has 0 aliphatic heterocycles. The Kier molecular flexibility index (Phi) is 10.8. The molecule has 0 amide bonds. The van der Waals surface area contributed by atoms with Crippen LogP contribution in [-0.2, 0) is 5.41 Å². The molecule has 17 rings (SSSR count). The van der Waals surface area contributed by atoms with Crippen LogP contribution in [0.1, 0.15) is 25.0 Å². The molecule has 0 unspecified atom stereocenters. The molecule has 1 aliphatic rings. The summed E-state index contributed by atoms with van der Waals surface area (Å²) in [4.78, 5) is 14.5. The average Bonchev–Trinajstić information content (AvgIpc) is 1.89. The third kappa shape index (κ3) is 7.76. The van der Waals surface area contributed by atoms with Gasteiger partial charge in [0.05, 0.1) is 22.1 Å². The van der Waals surface area contributed by atoms with Crippen LogP contribution < -0.4 is 9.80 Å². The van der Waals surface area contributed by atoms with Crippen LogP contribution in [0.25, 0.3) is 111 Å². The van der Waals surface area contributed by atoms with Crippen molar-refractivity contribution in [3.63, 3.8) is 0 Å². The Balaban J connectivity index is 0.796. The van der Waals surface area contributed by atoms with E-state index in [1.807, 2.05) is 48.5 Å². The van der Waals surface area contributed by atoms with E-state index in [-0.39, 0.29) is 5.41 Å². The predicted molar refractivity (Wildman–Crippen MR) is 348 cm³/mol. The molecule has 0 N–H and O–H groups in total. The van der Waals surface area contributed by atoms with E-state index in [1.54, 1.807) is 0 Å². The molecule has 12 aromatic carbocycles. The van der Waals surface area contributed by atoms with E-state index >= 15 is 0 Å². The van der Waals surface area contributed by atoms with Crippen molar-refractivity contribution >= 4 is 99.9 Å². The van der Waals surface area contributed by atoms with Gasteiger partial charge in [0.15, 0.2) is 11.2 Å². The number of benzene rings is 12. The maximum absolute atomic E-state index is 6.27. The predicted octanol–water partition coefficient (Wildman–Crippen LogP) is 20.7. The lowest BCUT2D eigenvalue weighted by Gasteiger charge is -2.29. The standard InChI is InChI=1S/C77H52N6O2/c1-77(2)65-47-57(80(53-33-29-49(30-34-53)75-78-67-23-11-15-27-73(67)84-75)55-39-43-71-63(45-55)61-21-9-13-25-69(61)82(71)51-17-5-3-6-18-51)37-41-59(65)60-42-38-58(48-66(60)77)81(54-35-31-50(32-36-54)76-79-68-24-12-16-28-74(68)85-76)56-40-44-72-64(46-56)62-22-10-14-26-70(62)83(72)52-19-7-4-8-20-52/h3-48H,1-2H3. The van der Waals surface area contributed by atoms with Gasteiger partial charge in [-0.15, -0.1) is 0 Å². The fraction of sp³-hybridized carbons (Fsp3) is 0.0390. The Labute approximate surface area is 490 Å². The second-order valence-corrected chi connectivity index (χ2v) is 22.6. The summed E-state index contributed by atoms with van der Waals surface area (Å²) in [6.07, 6.45) is 0. The molecule has 0 spiro atoms. The molecule has 402 valence electrons. The van der Waals surface area contributed by atoms with Crippen molar-refractivity contribution in [2.75, 3.05) is 9.80 Å². The van der Waals surface area contributed by atoms with E-state index in [1.165, 1.54) is 54.8 Å². The minimum absolute atomic E-state index is 0.387. The highest BCUT2D eigenvalue weighted by molar-refractivity contribution is 6.12. The van der Waals surface area contributed by atoms with E-state index in [0.29, 0.717) is 11.8 Å². The lowest BCUT2D eigenvalue weighted by molar-refractivity contribution is 0.619. The van der Waals surface area contributed by atoms with Gasteiger partial charge in [0.25, 0.3) is 0 Å². The fourth-order valence-corrected chi connectivity index (χ4v) is 13.3. The van der Waals surface area contributed by atoms with Crippen molar-refractivity contribution < 1.29 is 8.83 Å². The van der Waals surface area contributed by atoms with Crippen LogP contribution in [0.4, 0.5) is 34.1 Å². The zero-order valence-electron chi connectivity index (χ0n) is 46.6. The molecule has 0 fully saturated rings. The summed E-state index contributed by atoms with van der Waals surface area (Å²) in [7, 11) is 0. The Morgan fingerprint density at radius 2 is 0.671 bits per heavy atom. The first-order valence-electron chi connectivity index (χ1n) is 28.9. The lowest BCUT2D eigenvalue weighted by Crippen LogP contribution is -2.17. The smallest absolute Gasteiger partial charge is 0.227 e. The van der Waals surface area contributed by atoms with Gasteiger partial charge in [-0.2, -0.15) is 0 Å². The highest BCUT2D eigenvalue weighted by Gasteiger charge is 2.37. The van der Waals surface area contributed by atoms with Crippen LogP contribution in [0, 0.1) is 0 Å². The largest absolute Gasteiger partial charge is 0.436 e. The van der Waals surface area contributed by atoms with Crippen LogP contribution in [0.5, 0.6) is 0 Å². The number of anilines is 6. The number of hydrogen-bond donors (Lipinski definition) is 0. The molecule has 0 radical (unpaired) electrons. The van der Waals surface area contributed by atoms with E-state index in [0.717, 1.165) is 89.9 Å². The molecule has 16 aromatic rings. The van der Waals surface area contributed by atoms with Gasteiger partial charge in [0, 0.05) is 83.6 Å². The second kappa shape index (κ2) is 18.9. The normalized spacial score (nSPS) is 12.7. The summed E-state index contributed by atoms with van der Waals surface area (Å²) < 4.78 is 17.3. The molecule has 4 heterocycles. The Bertz CT molecular complexity index is 4890. The number of para-hydroxylation sites is 8. The number of hydrogen-bond acceptors (Lipinski definition) is 6. The van der Waals surface area contributed by atoms with E-state index in [4.69, 9.17) is 18.8 Å². The molecule has 0 saturated carbocycles. The van der Waals surface area contributed by atoms with Crippen LogP contribution in [0.3, 0.4) is 0 Å². The quantitative estimate of drug-likeness (QED) is 0.136. The SMILES string of the molecule is CC1(C)c2cc(N(c3ccc(-c4nc5ccccc5o4)cc3)c3ccc4c(c3)c3ccccc3n4-c3ccccc3)ccc2-c2ccc(N(c3ccc(-c4nc5ccccc5o4)cc3)c3ccc4c(c3)c3ccccc3n4-c3ccccc3)cc21. The summed E-state index contributed by atoms with van der Waals surface area (Å²) in [5, 5.41) is 4.75. The minimum Gasteiger partial charge on any atom is -0.436 e. The number of fused-ring (bicyclic) bond motifs is 11. The highest BCUT2D eigenvalue weighted by atomic mass is 16.4. The van der Waals surface area contributed by atoms with Gasteiger partial charge in [-0.25, -0.2) is 9.97 Å². The van der Waals surface area contributed by atoms with Crippen molar-refractivity contribution in [2.24, 2.45) is 0 Å². The minimum atomic E-state index is -0.387. The fourth-order valence-electron chi connectivity index (χ4n) is 13.3. The van der Waals surface area contributed by atoms with E-state index in [2.05, 4.69) is 263 Å². The Morgan fingerprint density at radius 3 is 1.11 bits per heavy atom. The Morgan fingerprint density at radius 1 is 0.318 bits per heavy atom. The van der Waals surface area contributed by atoms with Crippen LogP contribution >= 0.6 is 0 Å². The van der Waals surface area contributed by atoms with Crippen molar-refractivity contribution in [2.45, 2.75) is 19.3 Å². The van der Waals surface area contributed by atoms with Gasteiger partial charge < -0.3 is 27.8 Å². The lowest BCUT2D eigenvalue weighted by atomic mass is 9.82. The molecule has 8 nitrogen and oxygen atoms in total. The summed E-state index contributed by atoms with van der Waals surface area (Å²) in [5.41, 5.74) is 22.8. The molecular weight excluding hydrogens is 1040 g/mol. The van der Waals surface area contributed by atoms with Crippen molar-refractivity contribution in [1.82, 2.24) is 19.1 Å². The van der Waals surface area contributed by atoms with Gasteiger partial charge in [-0.3, -0.25) is 0 Å². The summed E-state index contributed by atoms with van der Waals surface area (Å²) in [6.45, 7) is 4.75. The first-order valence-corrected chi connectivity index (χ1v) is 28.9. The second-order valence-electron chi connectivity index (χ2n) is 22.6. The van der Waals surface area contributed by atoms with Crippen molar-refractivity contribution in [3.05, 3.63) is 290 Å². The summed E-state index contributed by atoms with van der Waals surface area (Å²) >= 11 is 0. The maximum Gasteiger partial charge on any atom is 0.227 e. The molecular formula is C77H52N6O2. The van der Waals surface area contributed by atoms with Crippen molar-refractivity contribution in [3.8, 4) is 45.4 Å². The first kappa shape index (κ1) is 48.5. The molecule has 4 aromatic heterocycles. The van der Waals surface area contributed by atoms with Gasteiger partial charge >= 0.3 is 0 Å². The first-order chi connectivity index (χ1) is 41.9. The van der Waals surface area contributed by atoms with E-state index in [9.17, 15) is 0 Å².